The molecule has 0 aromatic heterocycles. The maximum atomic E-state index is 14.3. The highest BCUT2D eigenvalue weighted by Crippen LogP contribution is 2.35. The fourth-order valence-electron chi connectivity index (χ4n) is 4.79. The van der Waals surface area contributed by atoms with E-state index in [1.807, 2.05) is 62.4 Å². The molecular weight excluding hydrogens is 508 g/mol. The van der Waals surface area contributed by atoms with E-state index in [1.54, 1.807) is 25.7 Å². The van der Waals surface area contributed by atoms with Crippen molar-refractivity contribution in [2.24, 2.45) is 5.73 Å². The minimum Gasteiger partial charge on any atom is -0.444 e. The van der Waals surface area contributed by atoms with E-state index in [2.05, 4.69) is 10.6 Å². The Hall–Kier alpha value is -3.88. The van der Waals surface area contributed by atoms with Gasteiger partial charge in [-0.3, -0.25) is 14.4 Å². The third-order valence-electron chi connectivity index (χ3n) is 6.95. The summed E-state index contributed by atoms with van der Waals surface area (Å²) in [6.45, 7) is 9.37. The zero-order valence-electron chi connectivity index (χ0n) is 24.2. The van der Waals surface area contributed by atoms with Gasteiger partial charge in [0, 0.05) is 19.0 Å². The number of nitrogens with two attached hydrogens (primary N) is 1. The Balaban J connectivity index is 2.00. The summed E-state index contributed by atoms with van der Waals surface area (Å²) in [4.78, 5) is 54.2. The van der Waals surface area contributed by atoms with Crippen molar-refractivity contribution >= 4 is 23.8 Å². The molecule has 2 atom stereocenters. The highest BCUT2D eigenvalue weighted by Gasteiger charge is 2.42. The van der Waals surface area contributed by atoms with E-state index >= 15 is 0 Å². The molecular formula is C31H42N4O5. The molecule has 1 saturated carbocycles. The normalized spacial score (nSPS) is 14.8. The molecule has 216 valence electrons. The van der Waals surface area contributed by atoms with Crippen LogP contribution in [0.5, 0.6) is 0 Å². The molecule has 0 spiro atoms. The van der Waals surface area contributed by atoms with Crippen LogP contribution in [0.25, 0.3) is 0 Å². The van der Waals surface area contributed by atoms with Gasteiger partial charge in [0.25, 0.3) is 0 Å². The second kappa shape index (κ2) is 13.5. The van der Waals surface area contributed by atoms with Crippen molar-refractivity contribution in [1.82, 2.24) is 15.5 Å². The molecule has 9 heteroatoms. The quantitative estimate of drug-likeness (QED) is 0.386. The SMILES string of the molecule is Cc1ccc(C(C(=O)NCc2ccccc2)N(C(=O)C(CCC(N)=O)NC(=O)OC(C)(C)C)C2CCC2)c(C)c1. The highest BCUT2D eigenvalue weighted by atomic mass is 16.6. The lowest BCUT2D eigenvalue weighted by Crippen LogP contribution is -2.57. The molecule has 4 N–H and O–H groups in total. The van der Waals surface area contributed by atoms with Crippen LogP contribution in [-0.2, 0) is 25.7 Å². The monoisotopic (exact) mass is 550 g/mol. The Morgan fingerprint density at radius 1 is 1.05 bits per heavy atom. The molecule has 3 rings (SSSR count). The first-order valence-corrected chi connectivity index (χ1v) is 13.8. The molecule has 0 saturated heterocycles. The number of amides is 4. The van der Waals surface area contributed by atoms with Gasteiger partial charge in [-0.25, -0.2) is 4.79 Å². The number of nitrogens with one attached hydrogen (secondary N) is 2. The molecule has 4 amide bonds. The topological polar surface area (TPSA) is 131 Å². The lowest BCUT2D eigenvalue weighted by molar-refractivity contribution is -0.147. The number of ether oxygens (including phenoxy) is 1. The fraction of sp³-hybridized carbons (Fsp3) is 0.484. The van der Waals surface area contributed by atoms with E-state index < -0.39 is 35.6 Å². The molecule has 0 aliphatic heterocycles. The number of nitrogens with zero attached hydrogens (tertiary/aromatic N) is 1. The first kappa shape index (κ1) is 30.7. The van der Waals surface area contributed by atoms with Gasteiger partial charge in [-0.05, 0) is 77.0 Å². The third kappa shape index (κ3) is 8.56. The van der Waals surface area contributed by atoms with Gasteiger partial charge >= 0.3 is 6.09 Å². The van der Waals surface area contributed by atoms with Crippen LogP contribution in [0.15, 0.2) is 48.5 Å². The Morgan fingerprint density at radius 3 is 2.27 bits per heavy atom. The van der Waals surface area contributed by atoms with Crippen LogP contribution < -0.4 is 16.4 Å². The molecule has 9 nitrogen and oxygen atoms in total. The van der Waals surface area contributed by atoms with Crippen LogP contribution in [0.3, 0.4) is 0 Å². The molecule has 0 heterocycles. The summed E-state index contributed by atoms with van der Waals surface area (Å²) >= 11 is 0. The van der Waals surface area contributed by atoms with E-state index in [0.717, 1.165) is 36.0 Å². The van der Waals surface area contributed by atoms with Crippen molar-refractivity contribution in [3.05, 3.63) is 70.8 Å². The number of benzene rings is 2. The van der Waals surface area contributed by atoms with Gasteiger partial charge < -0.3 is 26.0 Å². The minimum atomic E-state index is -1.10. The number of primary amides is 1. The maximum Gasteiger partial charge on any atom is 0.408 e. The average molecular weight is 551 g/mol. The molecule has 2 aromatic rings. The lowest BCUT2D eigenvalue weighted by atomic mass is 9.86. The number of alkyl carbamates (subject to hydrolysis) is 1. The van der Waals surface area contributed by atoms with Crippen molar-refractivity contribution in [3.8, 4) is 0 Å². The van der Waals surface area contributed by atoms with Gasteiger partial charge in [0.2, 0.25) is 17.7 Å². The van der Waals surface area contributed by atoms with Crippen LogP contribution in [0.4, 0.5) is 4.79 Å². The van der Waals surface area contributed by atoms with E-state index in [-0.39, 0.29) is 24.8 Å². The number of aryl methyl sites for hydroxylation is 2. The lowest BCUT2D eigenvalue weighted by Gasteiger charge is -2.44. The molecule has 0 bridgehead atoms. The van der Waals surface area contributed by atoms with Crippen molar-refractivity contribution in [1.29, 1.82) is 0 Å². The van der Waals surface area contributed by atoms with Gasteiger partial charge in [0.05, 0.1) is 0 Å². The molecule has 40 heavy (non-hydrogen) atoms. The predicted octanol–water partition coefficient (Wildman–Crippen LogP) is 4.20. The highest BCUT2D eigenvalue weighted by molar-refractivity contribution is 5.93. The zero-order chi connectivity index (χ0) is 29.4. The summed E-state index contributed by atoms with van der Waals surface area (Å²) < 4.78 is 5.40. The van der Waals surface area contributed by atoms with Crippen LogP contribution in [-0.4, -0.2) is 46.4 Å². The van der Waals surface area contributed by atoms with E-state index in [1.165, 1.54) is 0 Å². The van der Waals surface area contributed by atoms with E-state index in [4.69, 9.17) is 10.5 Å². The van der Waals surface area contributed by atoms with Crippen LogP contribution in [0.1, 0.15) is 81.2 Å². The maximum absolute atomic E-state index is 14.3. The van der Waals surface area contributed by atoms with Crippen molar-refractivity contribution in [2.45, 2.75) is 97.0 Å². The molecule has 1 aliphatic carbocycles. The minimum absolute atomic E-state index is 0.0120. The first-order chi connectivity index (χ1) is 18.9. The van der Waals surface area contributed by atoms with Gasteiger partial charge in [-0.2, -0.15) is 0 Å². The summed E-state index contributed by atoms with van der Waals surface area (Å²) in [6, 6.07) is 13.1. The van der Waals surface area contributed by atoms with Crippen molar-refractivity contribution < 1.29 is 23.9 Å². The fourth-order valence-corrected chi connectivity index (χ4v) is 4.79. The Labute approximate surface area is 236 Å². The Bertz CT molecular complexity index is 1200. The summed E-state index contributed by atoms with van der Waals surface area (Å²) in [5, 5.41) is 5.67. The zero-order valence-corrected chi connectivity index (χ0v) is 24.2. The van der Waals surface area contributed by atoms with Gasteiger partial charge in [0.1, 0.15) is 17.7 Å². The van der Waals surface area contributed by atoms with Crippen molar-refractivity contribution in [3.63, 3.8) is 0 Å². The summed E-state index contributed by atoms with van der Waals surface area (Å²) in [5.41, 5.74) is 8.18. The molecule has 0 radical (unpaired) electrons. The Morgan fingerprint density at radius 2 is 1.73 bits per heavy atom. The molecule has 1 fully saturated rings. The second-order valence-corrected chi connectivity index (χ2v) is 11.5. The molecule has 1 aliphatic rings. The number of carbonyl (C=O) groups is 4. The summed E-state index contributed by atoms with van der Waals surface area (Å²) in [7, 11) is 0. The summed E-state index contributed by atoms with van der Waals surface area (Å²) in [5.74, 6) is -1.36. The van der Waals surface area contributed by atoms with Gasteiger partial charge in [-0.15, -0.1) is 0 Å². The Kier molecular flexibility index (Phi) is 10.3. The van der Waals surface area contributed by atoms with E-state index in [9.17, 15) is 19.2 Å². The van der Waals surface area contributed by atoms with Crippen LogP contribution in [0, 0.1) is 13.8 Å². The predicted molar refractivity (Wildman–Crippen MR) is 153 cm³/mol. The molecule has 2 unspecified atom stereocenters. The van der Waals surface area contributed by atoms with Crippen LogP contribution >= 0.6 is 0 Å². The largest absolute Gasteiger partial charge is 0.444 e. The van der Waals surface area contributed by atoms with Crippen molar-refractivity contribution in [2.75, 3.05) is 0 Å². The second-order valence-electron chi connectivity index (χ2n) is 11.5. The summed E-state index contributed by atoms with van der Waals surface area (Å²) in [6.07, 6.45) is 1.48. The number of rotatable bonds is 11. The van der Waals surface area contributed by atoms with Gasteiger partial charge in [0.15, 0.2) is 0 Å². The number of hydrogen-bond acceptors (Lipinski definition) is 5. The smallest absolute Gasteiger partial charge is 0.408 e. The number of hydrogen-bond donors (Lipinski definition) is 3. The van der Waals surface area contributed by atoms with Crippen LogP contribution in [0.2, 0.25) is 0 Å². The third-order valence-corrected chi connectivity index (χ3v) is 6.95. The number of carbonyl (C=O) groups excluding carboxylic acids is 4. The standard InChI is InChI=1S/C31H42N4O5/c1-20-14-15-24(21(2)18-20)27(28(37)33-19-22-10-7-6-8-11-22)35(23-12-9-13-23)29(38)25(16-17-26(32)36)34-30(39)40-31(3,4)5/h6-8,10-11,14-15,18,23,25,27H,9,12-13,16-17,19H2,1-5H3,(H2,32,36)(H,33,37)(H,34,39). The van der Waals surface area contributed by atoms with E-state index in [0.29, 0.717) is 12.1 Å². The van der Waals surface area contributed by atoms with Gasteiger partial charge in [-0.1, -0.05) is 54.1 Å². The first-order valence-electron chi connectivity index (χ1n) is 13.8. The average Bonchev–Trinajstić information content (AvgIpc) is 2.83. The molecule has 2 aromatic carbocycles.